The third kappa shape index (κ3) is 3.75. The maximum absolute atomic E-state index is 11.5. The topological polar surface area (TPSA) is 71.6 Å². The fourth-order valence-electron chi connectivity index (χ4n) is 2.31. The molecule has 2 aromatic rings. The van der Waals surface area contributed by atoms with E-state index in [4.69, 9.17) is 11.6 Å². The summed E-state index contributed by atoms with van der Waals surface area (Å²) in [5.41, 5.74) is 0.953. The van der Waals surface area contributed by atoms with E-state index >= 15 is 0 Å². The molecule has 0 fully saturated rings. The van der Waals surface area contributed by atoms with Crippen molar-refractivity contribution < 1.29 is 4.92 Å². The van der Waals surface area contributed by atoms with Gasteiger partial charge in [-0.3, -0.25) is 15.1 Å². The van der Waals surface area contributed by atoms with Crippen molar-refractivity contribution >= 4 is 34.8 Å². The molecule has 0 spiro atoms. The second kappa shape index (κ2) is 6.89. The van der Waals surface area contributed by atoms with Gasteiger partial charge in [-0.2, -0.15) is 0 Å². The first-order chi connectivity index (χ1) is 11.1. The molecule has 0 saturated carbocycles. The number of amidine groups is 1. The van der Waals surface area contributed by atoms with E-state index in [1.165, 1.54) is 11.3 Å². The van der Waals surface area contributed by atoms with Gasteiger partial charge in [-0.1, -0.05) is 23.7 Å². The lowest BCUT2D eigenvalue weighted by atomic mass is 10.2. The predicted octanol–water partition coefficient (Wildman–Crippen LogP) is 3.33. The van der Waals surface area contributed by atoms with Crippen LogP contribution in [-0.2, 0) is 6.54 Å². The smallest absolute Gasteiger partial charge is 0.312 e. The van der Waals surface area contributed by atoms with E-state index in [1.807, 2.05) is 28.5 Å². The summed E-state index contributed by atoms with van der Waals surface area (Å²) in [6.45, 7) is 1.71. The van der Waals surface area contributed by atoms with Crippen LogP contribution in [0.3, 0.4) is 0 Å². The third-order valence-corrected chi connectivity index (χ3v) is 4.38. The van der Waals surface area contributed by atoms with Crippen LogP contribution in [0.15, 0.2) is 46.5 Å². The summed E-state index contributed by atoms with van der Waals surface area (Å²) in [6, 6.07) is 7.28. The average molecular weight is 349 g/mol. The van der Waals surface area contributed by atoms with Crippen LogP contribution in [-0.4, -0.2) is 33.7 Å². The number of thiophene rings is 1. The number of nitrogens with zero attached hydrogens (tertiary/aromatic N) is 4. The Labute approximate surface area is 141 Å². The van der Waals surface area contributed by atoms with Crippen molar-refractivity contribution in [2.24, 2.45) is 4.99 Å². The maximum Gasteiger partial charge on any atom is 0.312 e. The van der Waals surface area contributed by atoms with Crippen molar-refractivity contribution in [2.45, 2.75) is 6.54 Å². The lowest BCUT2D eigenvalue weighted by Gasteiger charge is -2.18. The fraction of sp³-hybridized carbons (Fsp3) is 0.200. The summed E-state index contributed by atoms with van der Waals surface area (Å²) in [5.74, 6) is 0.415. The molecule has 118 valence electrons. The van der Waals surface area contributed by atoms with Crippen molar-refractivity contribution in [1.29, 1.82) is 0 Å². The molecule has 0 bridgehead atoms. The third-order valence-electron chi connectivity index (χ3n) is 3.34. The van der Waals surface area contributed by atoms with Gasteiger partial charge in [0, 0.05) is 30.2 Å². The molecule has 0 atom stereocenters. The number of pyridine rings is 1. The molecule has 0 aliphatic carbocycles. The van der Waals surface area contributed by atoms with Gasteiger partial charge < -0.3 is 4.90 Å². The molecule has 8 heteroatoms. The summed E-state index contributed by atoms with van der Waals surface area (Å²) < 4.78 is 0. The van der Waals surface area contributed by atoms with Crippen LogP contribution in [0.25, 0.3) is 6.08 Å². The number of rotatable bonds is 5. The van der Waals surface area contributed by atoms with Crippen molar-refractivity contribution in [3.8, 4) is 0 Å². The molecule has 0 saturated heterocycles. The first-order valence-electron chi connectivity index (χ1n) is 6.93. The van der Waals surface area contributed by atoms with Crippen molar-refractivity contribution in [1.82, 2.24) is 9.88 Å². The number of hydrogen-bond donors (Lipinski definition) is 0. The standard InChI is InChI=1S/C15H13ClN4O2S/c16-14-4-3-11(9-18-14)10-19-6-5-17-15(19)13(20(21)22)8-12-2-1-7-23-12/h1-4,7-9H,5-6,10H2. The molecule has 0 unspecified atom stereocenters. The Balaban J connectivity index is 1.84. The van der Waals surface area contributed by atoms with Crippen LogP contribution in [0.2, 0.25) is 5.15 Å². The first-order valence-corrected chi connectivity index (χ1v) is 8.19. The normalized spacial score (nSPS) is 14.9. The van der Waals surface area contributed by atoms with Gasteiger partial charge in [0.25, 0.3) is 0 Å². The highest BCUT2D eigenvalue weighted by Crippen LogP contribution is 2.20. The second-order valence-electron chi connectivity index (χ2n) is 4.92. The van der Waals surface area contributed by atoms with Crippen LogP contribution in [0.4, 0.5) is 0 Å². The molecule has 3 rings (SSSR count). The Morgan fingerprint density at radius 3 is 3.00 bits per heavy atom. The van der Waals surface area contributed by atoms with E-state index in [-0.39, 0.29) is 10.6 Å². The highest BCUT2D eigenvalue weighted by molar-refractivity contribution is 7.10. The van der Waals surface area contributed by atoms with Crippen molar-refractivity contribution in [3.63, 3.8) is 0 Å². The lowest BCUT2D eigenvalue weighted by Crippen LogP contribution is -2.30. The Kier molecular flexibility index (Phi) is 4.68. The quantitative estimate of drug-likeness (QED) is 0.472. The van der Waals surface area contributed by atoms with E-state index in [0.717, 1.165) is 10.4 Å². The highest BCUT2D eigenvalue weighted by atomic mass is 35.5. The maximum atomic E-state index is 11.5. The average Bonchev–Trinajstić information content (AvgIpc) is 3.18. The van der Waals surface area contributed by atoms with Crippen LogP contribution < -0.4 is 0 Å². The Hall–Kier alpha value is -2.25. The molecule has 23 heavy (non-hydrogen) atoms. The lowest BCUT2D eigenvalue weighted by molar-refractivity contribution is -0.414. The predicted molar refractivity (Wildman–Crippen MR) is 91.2 cm³/mol. The van der Waals surface area contributed by atoms with Gasteiger partial charge in [-0.15, -0.1) is 11.3 Å². The zero-order chi connectivity index (χ0) is 16.2. The molecule has 2 aromatic heterocycles. The highest BCUT2D eigenvalue weighted by Gasteiger charge is 2.29. The van der Waals surface area contributed by atoms with Crippen molar-refractivity contribution in [3.05, 3.63) is 67.2 Å². The minimum absolute atomic E-state index is 0.0203. The summed E-state index contributed by atoms with van der Waals surface area (Å²) in [5, 5.41) is 13.8. The molecule has 1 aliphatic rings. The largest absolute Gasteiger partial charge is 0.345 e. The molecule has 0 amide bonds. The monoisotopic (exact) mass is 348 g/mol. The van der Waals surface area contributed by atoms with E-state index in [0.29, 0.717) is 30.6 Å². The number of hydrogen-bond acceptors (Lipinski definition) is 6. The molecule has 0 N–H and O–H groups in total. The van der Waals surface area contributed by atoms with Crippen LogP contribution in [0.1, 0.15) is 10.4 Å². The second-order valence-corrected chi connectivity index (χ2v) is 6.28. The summed E-state index contributed by atoms with van der Waals surface area (Å²) in [7, 11) is 0. The number of aliphatic imine (C=N–C) groups is 1. The Morgan fingerprint density at radius 2 is 2.35 bits per heavy atom. The van der Waals surface area contributed by atoms with Crippen LogP contribution >= 0.6 is 22.9 Å². The minimum Gasteiger partial charge on any atom is -0.345 e. The first kappa shape index (κ1) is 15.6. The summed E-state index contributed by atoms with van der Waals surface area (Å²) >= 11 is 7.24. The number of aromatic nitrogens is 1. The summed E-state index contributed by atoms with van der Waals surface area (Å²) in [4.78, 5) is 22.2. The molecular formula is C15H13ClN4O2S. The molecule has 1 aliphatic heterocycles. The zero-order valence-corrected chi connectivity index (χ0v) is 13.6. The van der Waals surface area contributed by atoms with Crippen molar-refractivity contribution in [2.75, 3.05) is 13.1 Å². The molecule has 0 aromatic carbocycles. The molecular weight excluding hydrogens is 336 g/mol. The van der Waals surface area contributed by atoms with Gasteiger partial charge in [-0.05, 0) is 23.1 Å². The molecule has 3 heterocycles. The van der Waals surface area contributed by atoms with E-state index < -0.39 is 0 Å². The van der Waals surface area contributed by atoms with Gasteiger partial charge in [0.1, 0.15) is 5.15 Å². The number of halogens is 1. The zero-order valence-electron chi connectivity index (χ0n) is 12.1. The van der Waals surface area contributed by atoms with Gasteiger partial charge in [0.15, 0.2) is 0 Å². The van der Waals surface area contributed by atoms with Gasteiger partial charge in [-0.25, -0.2) is 4.98 Å². The molecule has 6 nitrogen and oxygen atoms in total. The SMILES string of the molecule is O=[N+]([O-])C(=Cc1cccs1)C1=NCCN1Cc1ccc(Cl)nc1. The van der Waals surface area contributed by atoms with Crippen LogP contribution in [0, 0.1) is 10.1 Å². The fourth-order valence-corrected chi connectivity index (χ4v) is 3.07. The summed E-state index contributed by atoms with van der Waals surface area (Å²) in [6.07, 6.45) is 3.25. The van der Waals surface area contributed by atoms with Crippen LogP contribution in [0.5, 0.6) is 0 Å². The minimum atomic E-state index is -0.378. The molecule has 0 radical (unpaired) electrons. The van der Waals surface area contributed by atoms with E-state index in [1.54, 1.807) is 18.3 Å². The van der Waals surface area contributed by atoms with Gasteiger partial charge in [0.2, 0.25) is 5.84 Å². The number of nitro groups is 1. The van der Waals surface area contributed by atoms with Gasteiger partial charge in [0.05, 0.1) is 11.5 Å². The Bertz CT molecular complexity index is 756. The van der Waals surface area contributed by atoms with E-state index in [2.05, 4.69) is 9.98 Å². The van der Waals surface area contributed by atoms with Gasteiger partial charge >= 0.3 is 5.70 Å². The Morgan fingerprint density at radius 1 is 1.48 bits per heavy atom. The van der Waals surface area contributed by atoms with E-state index in [9.17, 15) is 10.1 Å².